The van der Waals surface area contributed by atoms with Crippen molar-refractivity contribution in [2.45, 2.75) is 70.6 Å². The molecular weight excluding hydrogens is 270 g/mol. The molecule has 1 rings (SSSR count). The van der Waals surface area contributed by atoms with Gasteiger partial charge in [-0.2, -0.15) is 11.8 Å². The van der Waals surface area contributed by atoms with Gasteiger partial charge < -0.3 is 10.1 Å². The molecule has 2 atom stereocenters. The third-order valence-corrected chi connectivity index (χ3v) is 6.09. The Labute approximate surface area is 128 Å². The number of rotatable bonds is 11. The zero-order valence-electron chi connectivity index (χ0n) is 13.5. The zero-order valence-corrected chi connectivity index (χ0v) is 14.4. The molecule has 0 aromatic carbocycles. The van der Waals surface area contributed by atoms with E-state index in [1.165, 1.54) is 39.2 Å². The fraction of sp³-hybridized carbons (Fsp3) is 0.938. The van der Waals surface area contributed by atoms with Crippen molar-refractivity contribution in [3.8, 4) is 0 Å². The molecule has 3 nitrogen and oxygen atoms in total. The van der Waals surface area contributed by atoms with E-state index < -0.39 is 0 Å². The SMILES string of the molecule is CCCC(NCC)C(CC)SCC1(CC(=O)OC)CC1. The Hall–Kier alpha value is -0.220. The third kappa shape index (κ3) is 5.65. The summed E-state index contributed by atoms with van der Waals surface area (Å²) in [6, 6.07) is 0.605. The highest BCUT2D eigenvalue weighted by molar-refractivity contribution is 8.00. The van der Waals surface area contributed by atoms with Crippen molar-refractivity contribution in [3.63, 3.8) is 0 Å². The van der Waals surface area contributed by atoms with Gasteiger partial charge in [0.1, 0.15) is 0 Å². The Bertz CT molecular complexity index is 286. The summed E-state index contributed by atoms with van der Waals surface area (Å²) < 4.78 is 4.82. The van der Waals surface area contributed by atoms with Crippen LogP contribution in [0.15, 0.2) is 0 Å². The van der Waals surface area contributed by atoms with Crippen molar-refractivity contribution >= 4 is 17.7 Å². The van der Waals surface area contributed by atoms with E-state index in [1.807, 2.05) is 0 Å². The first-order valence-electron chi connectivity index (χ1n) is 8.02. The highest BCUT2D eigenvalue weighted by atomic mass is 32.2. The van der Waals surface area contributed by atoms with Crippen molar-refractivity contribution in [2.24, 2.45) is 5.41 Å². The summed E-state index contributed by atoms with van der Waals surface area (Å²) in [5, 5.41) is 4.29. The van der Waals surface area contributed by atoms with E-state index >= 15 is 0 Å². The van der Waals surface area contributed by atoms with Crippen LogP contribution in [0.5, 0.6) is 0 Å². The zero-order chi connectivity index (χ0) is 15.0. The van der Waals surface area contributed by atoms with Crippen molar-refractivity contribution in [1.82, 2.24) is 5.32 Å². The number of carbonyl (C=O) groups is 1. The molecular formula is C16H31NO2S. The lowest BCUT2D eigenvalue weighted by Gasteiger charge is -2.28. The Morgan fingerprint density at radius 1 is 1.35 bits per heavy atom. The standard InChI is InChI=1S/C16H31NO2S/c1-5-8-13(17-7-3)14(6-2)20-12-16(9-10-16)11-15(18)19-4/h13-14,17H,5-12H2,1-4H3. The number of carbonyl (C=O) groups excluding carboxylic acids is 1. The number of nitrogens with one attached hydrogen (secondary N) is 1. The average Bonchev–Trinajstić information content (AvgIpc) is 3.19. The topological polar surface area (TPSA) is 38.3 Å². The minimum atomic E-state index is -0.0482. The minimum Gasteiger partial charge on any atom is -0.469 e. The van der Waals surface area contributed by atoms with Gasteiger partial charge in [-0.15, -0.1) is 0 Å². The van der Waals surface area contributed by atoms with E-state index in [-0.39, 0.29) is 11.4 Å². The number of ether oxygens (including phenoxy) is 1. The predicted molar refractivity (Wildman–Crippen MR) is 87.2 cm³/mol. The highest BCUT2D eigenvalue weighted by Crippen LogP contribution is 2.52. The molecule has 20 heavy (non-hydrogen) atoms. The van der Waals surface area contributed by atoms with Gasteiger partial charge >= 0.3 is 5.97 Å². The van der Waals surface area contributed by atoms with Gasteiger partial charge in [-0.05, 0) is 43.4 Å². The van der Waals surface area contributed by atoms with Crippen molar-refractivity contribution in [2.75, 3.05) is 19.4 Å². The number of hydrogen-bond donors (Lipinski definition) is 1. The van der Waals surface area contributed by atoms with E-state index in [0.717, 1.165) is 12.3 Å². The molecule has 0 aromatic heterocycles. The number of methoxy groups -OCH3 is 1. The molecule has 2 unspecified atom stereocenters. The summed E-state index contributed by atoms with van der Waals surface area (Å²) in [5.74, 6) is 1.06. The molecule has 0 aliphatic heterocycles. The Balaban J connectivity index is 2.45. The molecule has 118 valence electrons. The number of hydrogen-bond acceptors (Lipinski definition) is 4. The normalized spacial score (nSPS) is 19.4. The number of thioether (sulfide) groups is 1. The average molecular weight is 301 g/mol. The first-order chi connectivity index (χ1) is 9.60. The van der Waals surface area contributed by atoms with Crippen LogP contribution < -0.4 is 5.32 Å². The lowest BCUT2D eigenvalue weighted by Crippen LogP contribution is -2.38. The van der Waals surface area contributed by atoms with Crippen LogP contribution in [0.4, 0.5) is 0 Å². The lowest BCUT2D eigenvalue weighted by molar-refractivity contribution is -0.141. The van der Waals surface area contributed by atoms with Crippen LogP contribution in [0.2, 0.25) is 0 Å². The van der Waals surface area contributed by atoms with Crippen molar-refractivity contribution in [3.05, 3.63) is 0 Å². The molecule has 0 amide bonds. The van der Waals surface area contributed by atoms with Gasteiger partial charge in [-0.25, -0.2) is 0 Å². The Kier molecular flexibility index (Phi) is 7.96. The van der Waals surface area contributed by atoms with Gasteiger partial charge in [0.15, 0.2) is 0 Å². The van der Waals surface area contributed by atoms with Crippen molar-refractivity contribution in [1.29, 1.82) is 0 Å². The quantitative estimate of drug-likeness (QED) is 0.592. The van der Waals surface area contributed by atoms with E-state index in [4.69, 9.17) is 4.74 Å². The van der Waals surface area contributed by atoms with E-state index in [9.17, 15) is 4.79 Å². The predicted octanol–water partition coefficient (Wildman–Crippen LogP) is 3.62. The fourth-order valence-corrected chi connectivity index (χ4v) is 4.38. The minimum absolute atomic E-state index is 0.0482. The molecule has 0 radical (unpaired) electrons. The summed E-state index contributed by atoms with van der Waals surface area (Å²) >= 11 is 2.06. The summed E-state index contributed by atoms with van der Waals surface area (Å²) in [4.78, 5) is 11.5. The molecule has 1 saturated carbocycles. The lowest BCUT2D eigenvalue weighted by atomic mass is 10.1. The summed E-state index contributed by atoms with van der Waals surface area (Å²) in [6.07, 6.45) is 6.63. The van der Waals surface area contributed by atoms with Crippen LogP contribution in [0.25, 0.3) is 0 Å². The maximum Gasteiger partial charge on any atom is 0.306 e. The van der Waals surface area contributed by atoms with Crippen LogP contribution in [-0.2, 0) is 9.53 Å². The van der Waals surface area contributed by atoms with Crippen LogP contribution in [0.3, 0.4) is 0 Å². The molecule has 0 bridgehead atoms. The monoisotopic (exact) mass is 301 g/mol. The van der Waals surface area contributed by atoms with E-state index in [2.05, 4.69) is 37.8 Å². The molecule has 0 spiro atoms. The number of esters is 1. The largest absolute Gasteiger partial charge is 0.469 e. The summed E-state index contributed by atoms with van der Waals surface area (Å²) in [7, 11) is 1.49. The molecule has 1 aliphatic rings. The van der Waals surface area contributed by atoms with Gasteiger partial charge in [-0.1, -0.05) is 27.2 Å². The summed E-state index contributed by atoms with van der Waals surface area (Å²) in [5.41, 5.74) is 0.244. The maximum atomic E-state index is 11.5. The molecule has 0 heterocycles. The second-order valence-electron chi connectivity index (χ2n) is 5.96. The van der Waals surface area contributed by atoms with Gasteiger partial charge in [0, 0.05) is 11.3 Å². The van der Waals surface area contributed by atoms with Crippen LogP contribution in [0, 0.1) is 5.41 Å². The molecule has 1 aliphatic carbocycles. The molecule has 0 aromatic rings. The maximum absolute atomic E-state index is 11.5. The van der Waals surface area contributed by atoms with Crippen molar-refractivity contribution < 1.29 is 9.53 Å². The summed E-state index contributed by atoms with van der Waals surface area (Å²) in [6.45, 7) is 7.74. The Morgan fingerprint density at radius 2 is 2.05 bits per heavy atom. The first-order valence-corrected chi connectivity index (χ1v) is 9.07. The van der Waals surface area contributed by atoms with Crippen LogP contribution in [-0.4, -0.2) is 36.7 Å². The van der Waals surface area contributed by atoms with E-state index in [0.29, 0.717) is 17.7 Å². The third-order valence-electron chi connectivity index (χ3n) is 4.22. The first kappa shape index (κ1) is 17.8. The highest BCUT2D eigenvalue weighted by Gasteiger charge is 2.45. The van der Waals surface area contributed by atoms with Gasteiger partial charge in [0.05, 0.1) is 13.5 Å². The van der Waals surface area contributed by atoms with Crippen LogP contribution >= 0.6 is 11.8 Å². The van der Waals surface area contributed by atoms with Gasteiger partial charge in [0.2, 0.25) is 0 Å². The fourth-order valence-electron chi connectivity index (χ4n) is 2.72. The molecule has 4 heteroatoms. The van der Waals surface area contributed by atoms with Gasteiger partial charge in [0.25, 0.3) is 0 Å². The smallest absolute Gasteiger partial charge is 0.306 e. The van der Waals surface area contributed by atoms with Gasteiger partial charge in [-0.3, -0.25) is 4.79 Å². The second kappa shape index (κ2) is 8.93. The van der Waals surface area contributed by atoms with E-state index in [1.54, 1.807) is 0 Å². The molecule has 0 saturated heterocycles. The molecule has 1 fully saturated rings. The Morgan fingerprint density at radius 3 is 2.50 bits per heavy atom. The van der Waals surface area contributed by atoms with Crippen LogP contribution in [0.1, 0.15) is 59.3 Å². The second-order valence-corrected chi connectivity index (χ2v) is 7.19. The molecule has 1 N–H and O–H groups in total.